The highest BCUT2D eigenvalue weighted by atomic mass is 35.5. The van der Waals surface area contributed by atoms with E-state index in [1.54, 1.807) is 10.9 Å². The molecule has 0 radical (unpaired) electrons. The van der Waals surface area contributed by atoms with E-state index in [0.29, 0.717) is 19.4 Å². The molecule has 2 amide bonds. The minimum absolute atomic E-state index is 0.0164. The predicted molar refractivity (Wildman–Crippen MR) is 131 cm³/mol. The van der Waals surface area contributed by atoms with Crippen LogP contribution in [0, 0.1) is 0 Å². The molecule has 7 nitrogen and oxygen atoms in total. The van der Waals surface area contributed by atoms with E-state index in [9.17, 15) is 18.0 Å². The van der Waals surface area contributed by atoms with Crippen LogP contribution in [0.5, 0.6) is 0 Å². The van der Waals surface area contributed by atoms with E-state index in [-0.39, 0.29) is 18.3 Å². The first-order valence-corrected chi connectivity index (χ1v) is 11.8. The Morgan fingerprint density at radius 1 is 1.22 bits per heavy atom. The lowest BCUT2D eigenvalue weighted by molar-refractivity contribution is -0.137. The molecule has 188 valence electrons. The minimum Gasteiger partial charge on any atom is -0.394 e. The minimum atomic E-state index is -4.61. The van der Waals surface area contributed by atoms with Gasteiger partial charge in [-0.25, -0.2) is 4.79 Å². The number of anilines is 1. The van der Waals surface area contributed by atoms with Gasteiger partial charge in [-0.15, -0.1) is 0 Å². The average molecular weight is 518 g/mol. The van der Waals surface area contributed by atoms with Gasteiger partial charge in [0.25, 0.3) is 0 Å². The molecule has 1 unspecified atom stereocenters. The molecule has 0 aliphatic heterocycles. The van der Waals surface area contributed by atoms with Crippen LogP contribution < -0.4 is 10.6 Å². The van der Waals surface area contributed by atoms with E-state index < -0.39 is 22.8 Å². The Hall–Kier alpha value is -3.50. The molecule has 4 N–H and O–H groups in total. The number of amides is 2. The van der Waals surface area contributed by atoms with Gasteiger partial charge in [-0.3, -0.25) is 4.68 Å². The second kappa shape index (κ2) is 9.51. The van der Waals surface area contributed by atoms with Crippen LogP contribution >= 0.6 is 11.6 Å². The normalized spacial score (nSPS) is 15.6. The van der Waals surface area contributed by atoms with Gasteiger partial charge in [0.1, 0.15) is 0 Å². The molecule has 11 heteroatoms. The lowest BCUT2D eigenvalue weighted by Gasteiger charge is -2.24. The summed E-state index contributed by atoms with van der Waals surface area (Å²) in [6.07, 6.45) is 1.07. The summed E-state index contributed by atoms with van der Waals surface area (Å²) < 4.78 is 41.0. The highest BCUT2D eigenvalue weighted by Crippen LogP contribution is 2.36. The summed E-state index contributed by atoms with van der Waals surface area (Å²) in [5.41, 5.74) is 4.19. The number of aromatic amines is 1. The van der Waals surface area contributed by atoms with E-state index in [1.165, 1.54) is 6.07 Å². The average Bonchev–Trinajstić information content (AvgIpc) is 3.44. The molecule has 0 saturated heterocycles. The summed E-state index contributed by atoms with van der Waals surface area (Å²) in [6.45, 7) is 0.452. The lowest BCUT2D eigenvalue weighted by Crippen LogP contribution is -2.41. The summed E-state index contributed by atoms with van der Waals surface area (Å²) in [5, 5.41) is 19.3. The Kier molecular flexibility index (Phi) is 6.40. The predicted octanol–water partition coefficient (Wildman–Crippen LogP) is 5.37. The van der Waals surface area contributed by atoms with Gasteiger partial charge in [0.05, 0.1) is 29.9 Å². The fourth-order valence-corrected chi connectivity index (χ4v) is 4.86. The first-order chi connectivity index (χ1) is 17.2. The number of fused-ring (bicyclic) bond motifs is 3. The number of nitrogens with one attached hydrogen (secondary N) is 3. The molecule has 5 rings (SSSR count). The van der Waals surface area contributed by atoms with Crippen LogP contribution in [-0.2, 0) is 25.6 Å². The number of hydrogen-bond donors (Lipinski definition) is 4. The molecule has 1 aliphatic rings. The van der Waals surface area contributed by atoms with Crippen LogP contribution in [0.2, 0.25) is 5.02 Å². The number of aliphatic hydroxyl groups excluding tert-OH is 1. The Labute approximate surface area is 209 Å². The van der Waals surface area contributed by atoms with Gasteiger partial charge in [-0.05, 0) is 54.7 Å². The van der Waals surface area contributed by atoms with Crippen LogP contribution in [0.4, 0.5) is 23.7 Å². The number of halogens is 4. The molecule has 2 aromatic carbocycles. The summed E-state index contributed by atoms with van der Waals surface area (Å²) in [7, 11) is 0. The molecule has 4 aromatic rings. The third-order valence-electron chi connectivity index (χ3n) is 6.35. The molecule has 0 fully saturated rings. The number of carbonyl (C=O) groups is 1. The van der Waals surface area contributed by atoms with Crippen molar-refractivity contribution < 1.29 is 23.1 Å². The fraction of sp³-hybridized carbons (Fsp3) is 0.280. The number of rotatable bonds is 5. The fourth-order valence-electron chi connectivity index (χ4n) is 4.64. The summed E-state index contributed by atoms with van der Waals surface area (Å²) in [4.78, 5) is 16.0. The van der Waals surface area contributed by atoms with Crippen molar-refractivity contribution in [2.75, 3.05) is 11.9 Å². The van der Waals surface area contributed by atoms with Crippen LogP contribution in [0.3, 0.4) is 0 Å². The Morgan fingerprint density at radius 3 is 2.83 bits per heavy atom. The van der Waals surface area contributed by atoms with E-state index in [1.807, 2.05) is 18.3 Å². The van der Waals surface area contributed by atoms with Crippen LogP contribution in [0.25, 0.3) is 22.0 Å². The van der Waals surface area contributed by atoms with Crippen molar-refractivity contribution >= 4 is 34.2 Å². The van der Waals surface area contributed by atoms with E-state index >= 15 is 0 Å². The van der Waals surface area contributed by atoms with Gasteiger partial charge in [-0.1, -0.05) is 23.7 Å². The molecule has 1 atom stereocenters. The van der Waals surface area contributed by atoms with Gasteiger partial charge >= 0.3 is 12.2 Å². The SMILES string of the molecule is O=C(Nc1ccc(Cl)c(C(F)(F)F)c1)NC1CCc2[nH]c3cc(-c4cnn(CCO)c4)ccc3c2C1. The third kappa shape index (κ3) is 4.91. The molecular formula is C25H23ClF3N5O2. The van der Waals surface area contributed by atoms with Crippen molar-refractivity contribution in [3.8, 4) is 11.1 Å². The standard InChI is InChI=1S/C25H23ClF3N5O2/c26-21-5-2-17(11-20(21)25(27,28)29)32-24(36)31-16-3-6-22-19(10-16)18-4-1-14(9-23(18)33-22)15-12-30-34(13-15)7-8-35/h1-2,4-5,9,11-13,16,33,35H,3,6-8,10H2,(H2,31,32,36). The highest BCUT2D eigenvalue weighted by molar-refractivity contribution is 6.31. The van der Waals surface area contributed by atoms with E-state index in [4.69, 9.17) is 16.7 Å². The number of aryl methyl sites for hydroxylation is 1. The second-order valence-electron chi connectivity index (χ2n) is 8.79. The molecule has 0 saturated carbocycles. The number of aliphatic hydroxyl groups is 1. The second-order valence-corrected chi connectivity index (χ2v) is 9.20. The van der Waals surface area contributed by atoms with Gasteiger partial charge in [0.15, 0.2) is 0 Å². The Balaban J connectivity index is 1.28. The zero-order valence-electron chi connectivity index (χ0n) is 19.0. The van der Waals surface area contributed by atoms with Gasteiger partial charge in [0, 0.05) is 40.1 Å². The highest BCUT2D eigenvalue weighted by Gasteiger charge is 2.33. The molecule has 0 spiro atoms. The lowest BCUT2D eigenvalue weighted by atomic mass is 9.91. The molecule has 2 heterocycles. The maximum Gasteiger partial charge on any atom is 0.417 e. The number of H-pyrrole nitrogens is 1. The zero-order chi connectivity index (χ0) is 25.4. The molecule has 1 aliphatic carbocycles. The van der Waals surface area contributed by atoms with E-state index in [2.05, 4.69) is 26.8 Å². The summed E-state index contributed by atoms with van der Waals surface area (Å²) >= 11 is 5.65. The Bertz CT molecular complexity index is 1430. The van der Waals surface area contributed by atoms with Crippen molar-refractivity contribution in [3.63, 3.8) is 0 Å². The van der Waals surface area contributed by atoms with Crippen molar-refractivity contribution in [1.82, 2.24) is 20.1 Å². The first kappa shape index (κ1) is 24.2. The third-order valence-corrected chi connectivity index (χ3v) is 6.68. The first-order valence-electron chi connectivity index (χ1n) is 11.4. The monoisotopic (exact) mass is 517 g/mol. The number of nitrogens with zero attached hydrogens (tertiary/aromatic N) is 2. The van der Waals surface area contributed by atoms with Crippen molar-refractivity contribution in [3.05, 3.63) is 70.6 Å². The molecule has 2 aromatic heterocycles. The van der Waals surface area contributed by atoms with E-state index in [0.717, 1.165) is 51.8 Å². The number of urea groups is 1. The maximum absolute atomic E-state index is 13.1. The number of alkyl halides is 3. The smallest absolute Gasteiger partial charge is 0.394 e. The summed E-state index contributed by atoms with van der Waals surface area (Å²) in [6, 6.07) is 8.65. The number of benzene rings is 2. The van der Waals surface area contributed by atoms with Crippen LogP contribution in [0.15, 0.2) is 48.8 Å². The molecule has 36 heavy (non-hydrogen) atoms. The number of hydrogen-bond acceptors (Lipinski definition) is 3. The van der Waals surface area contributed by atoms with Crippen LogP contribution in [0.1, 0.15) is 23.2 Å². The largest absolute Gasteiger partial charge is 0.417 e. The van der Waals surface area contributed by atoms with Gasteiger partial charge in [0.2, 0.25) is 0 Å². The van der Waals surface area contributed by atoms with Crippen molar-refractivity contribution in [2.24, 2.45) is 0 Å². The molecule has 0 bridgehead atoms. The van der Waals surface area contributed by atoms with Crippen molar-refractivity contribution in [1.29, 1.82) is 0 Å². The zero-order valence-corrected chi connectivity index (χ0v) is 19.7. The number of aromatic nitrogens is 3. The quantitative estimate of drug-likeness (QED) is 0.286. The van der Waals surface area contributed by atoms with Gasteiger partial charge in [-0.2, -0.15) is 18.3 Å². The van der Waals surface area contributed by atoms with Crippen molar-refractivity contribution in [2.45, 2.75) is 38.0 Å². The topological polar surface area (TPSA) is 95.0 Å². The Morgan fingerprint density at radius 2 is 2.06 bits per heavy atom. The number of carbonyl (C=O) groups excluding carboxylic acids is 1. The molecular weight excluding hydrogens is 495 g/mol. The summed E-state index contributed by atoms with van der Waals surface area (Å²) in [5.74, 6) is 0. The van der Waals surface area contributed by atoms with Gasteiger partial charge < -0.3 is 20.7 Å². The maximum atomic E-state index is 13.1. The van der Waals surface area contributed by atoms with Crippen LogP contribution in [-0.4, -0.2) is 38.6 Å².